The van der Waals surface area contributed by atoms with Gasteiger partial charge in [-0.15, -0.1) is 0 Å². The number of piperidine rings is 1. The van der Waals surface area contributed by atoms with Gasteiger partial charge in [-0.2, -0.15) is 0 Å². The van der Waals surface area contributed by atoms with E-state index in [2.05, 4.69) is 61.7 Å². The summed E-state index contributed by atoms with van der Waals surface area (Å²) in [5.41, 5.74) is 3.28. The van der Waals surface area contributed by atoms with E-state index >= 15 is 0 Å². The van der Waals surface area contributed by atoms with Gasteiger partial charge in [0.1, 0.15) is 11.6 Å². The number of hydrogen-bond donors (Lipinski definition) is 2. The molecule has 0 aliphatic carbocycles. The highest BCUT2D eigenvalue weighted by atomic mass is 125. The summed E-state index contributed by atoms with van der Waals surface area (Å²) in [6.07, 6.45) is 3.68. The lowest BCUT2D eigenvalue weighted by Gasteiger charge is -2.31. The van der Waals surface area contributed by atoms with Gasteiger partial charge in [-0.25, -0.2) is 4.98 Å². The van der Waals surface area contributed by atoms with Crippen LogP contribution in [0.15, 0.2) is 42.5 Å². The molecule has 2 N–H and O–H groups in total. The zero-order valence-corrected chi connectivity index (χ0v) is 16.2. The maximum atomic E-state index is 9.57. The number of hydrogen-bond acceptors (Lipinski definition) is 3. The van der Waals surface area contributed by atoms with Crippen LogP contribution in [0.2, 0.25) is 0 Å². The Labute approximate surface area is 161 Å². The molecule has 4 nitrogen and oxygen atoms in total. The Balaban J connectivity index is 1.32. The Morgan fingerprint density at radius 1 is 1.12 bits per heavy atom. The number of phenols is 1. The van der Waals surface area contributed by atoms with E-state index in [1.54, 1.807) is 12.1 Å². The predicted molar refractivity (Wildman–Crippen MR) is 109 cm³/mol. The molecule has 1 aliphatic heterocycles. The van der Waals surface area contributed by atoms with Crippen LogP contribution in [0.5, 0.6) is 5.75 Å². The van der Waals surface area contributed by atoms with Crippen LogP contribution in [-0.4, -0.2) is 33.1 Å². The highest BCUT2D eigenvalue weighted by Gasteiger charge is 2.20. The lowest BCUT2D eigenvalue weighted by Crippen LogP contribution is -2.34. The van der Waals surface area contributed by atoms with Crippen molar-refractivity contribution in [3.8, 4) is 5.75 Å². The van der Waals surface area contributed by atoms with Crippen LogP contribution < -0.4 is 0 Å². The van der Waals surface area contributed by atoms with Crippen LogP contribution in [0.25, 0.3) is 11.0 Å². The third kappa shape index (κ3) is 4.15. The Kier molecular flexibility index (Phi) is 4.94. The number of halogens is 1. The van der Waals surface area contributed by atoms with Crippen molar-refractivity contribution in [2.24, 2.45) is 5.92 Å². The largest absolute Gasteiger partial charge is 0.508 e. The average Bonchev–Trinajstić information content (AvgIpc) is 3.00. The van der Waals surface area contributed by atoms with Crippen molar-refractivity contribution in [1.82, 2.24) is 14.9 Å². The molecule has 25 heavy (non-hydrogen) atoms. The first kappa shape index (κ1) is 16.8. The van der Waals surface area contributed by atoms with Crippen molar-refractivity contribution in [1.29, 1.82) is 0 Å². The summed E-state index contributed by atoms with van der Waals surface area (Å²) in [6.45, 7) is 3.10. The first-order valence-electron chi connectivity index (χ1n) is 8.80. The Hall–Kier alpha value is -1.60. The minimum absolute atomic E-state index is 0.277. The number of benzene rings is 2. The molecule has 0 saturated carbocycles. The molecule has 2 heterocycles. The molecule has 5 heteroatoms. The van der Waals surface area contributed by atoms with E-state index in [1.165, 1.54) is 28.4 Å². The number of nitrogens with zero attached hydrogens (tertiary/aromatic N) is 2. The van der Waals surface area contributed by atoms with Gasteiger partial charge in [-0.1, -0.05) is 12.1 Å². The van der Waals surface area contributed by atoms with E-state index in [0.29, 0.717) is 0 Å². The van der Waals surface area contributed by atoms with E-state index in [4.69, 9.17) is 0 Å². The fourth-order valence-electron chi connectivity index (χ4n) is 3.64. The third-order valence-corrected chi connectivity index (χ3v) is 5.75. The molecule has 0 amide bonds. The second-order valence-electron chi connectivity index (χ2n) is 6.94. The SMILES string of the molecule is Oc1ccc2nc(CN3CCC(Cc4ccc([125I])cc4)CC3)[nH]c2c1. The summed E-state index contributed by atoms with van der Waals surface area (Å²) in [5.74, 6) is 2.04. The number of rotatable bonds is 4. The summed E-state index contributed by atoms with van der Waals surface area (Å²) >= 11 is 2.36. The molecule has 1 aliphatic rings. The summed E-state index contributed by atoms with van der Waals surface area (Å²) in [7, 11) is 0. The lowest BCUT2D eigenvalue weighted by atomic mass is 9.90. The molecule has 0 bridgehead atoms. The molecule has 130 valence electrons. The molecule has 0 atom stereocenters. The number of phenolic OH excluding ortho intramolecular Hbond substituents is 1. The maximum Gasteiger partial charge on any atom is 0.121 e. The number of fused-ring (bicyclic) bond motifs is 1. The first-order chi connectivity index (χ1) is 12.2. The molecule has 4 rings (SSSR count). The van der Waals surface area contributed by atoms with Crippen molar-refractivity contribution in [2.45, 2.75) is 25.8 Å². The summed E-state index contributed by atoms with van der Waals surface area (Å²) in [4.78, 5) is 10.4. The van der Waals surface area contributed by atoms with Gasteiger partial charge in [0.2, 0.25) is 0 Å². The van der Waals surface area contributed by atoms with Crippen LogP contribution in [-0.2, 0) is 13.0 Å². The summed E-state index contributed by atoms with van der Waals surface area (Å²) < 4.78 is 1.30. The van der Waals surface area contributed by atoms with Gasteiger partial charge < -0.3 is 10.1 Å². The number of aromatic amines is 1. The van der Waals surface area contributed by atoms with Crippen molar-refractivity contribution >= 4 is 33.6 Å². The average molecular weight is 445 g/mol. The van der Waals surface area contributed by atoms with Crippen LogP contribution in [0, 0.1) is 9.49 Å². The van der Waals surface area contributed by atoms with Gasteiger partial charge in [-0.3, -0.25) is 4.90 Å². The van der Waals surface area contributed by atoms with Gasteiger partial charge >= 0.3 is 0 Å². The molecule has 2 aromatic carbocycles. The molecule has 1 fully saturated rings. The molecular weight excluding hydrogens is 423 g/mol. The number of nitrogens with one attached hydrogen (secondary N) is 1. The van der Waals surface area contributed by atoms with Crippen molar-refractivity contribution in [3.63, 3.8) is 0 Å². The monoisotopic (exact) mass is 445 g/mol. The zero-order chi connectivity index (χ0) is 17.2. The van der Waals surface area contributed by atoms with E-state index < -0.39 is 0 Å². The Bertz CT molecular complexity index is 851. The van der Waals surface area contributed by atoms with E-state index in [0.717, 1.165) is 42.4 Å². The fraction of sp³-hybridized carbons (Fsp3) is 0.350. The standard InChI is InChI=1S/C20H22IN3O/c21-16-3-1-14(2-4-16)11-15-7-9-24(10-8-15)13-20-22-18-6-5-17(25)12-19(18)23-20/h1-6,12,15,25H,7-11,13H2,(H,22,23)/i21-2. The fourth-order valence-corrected chi connectivity index (χ4v) is 4.00. The Morgan fingerprint density at radius 3 is 2.64 bits per heavy atom. The molecule has 0 radical (unpaired) electrons. The van der Waals surface area contributed by atoms with Crippen molar-refractivity contribution in [3.05, 3.63) is 57.4 Å². The number of aromatic hydroxyl groups is 1. The smallest absolute Gasteiger partial charge is 0.121 e. The maximum absolute atomic E-state index is 9.57. The van der Waals surface area contributed by atoms with Gasteiger partial charge in [0.05, 0.1) is 17.6 Å². The quantitative estimate of drug-likeness (QED) is 0.588. The van der Waals surface area contributed by atoms with Gasteiger partial charge in [0.25, 0.3) is 0 Å². The van der Waals surface area contributed by atoms with Crippen LogP contribution in [0.1, 0.15) is 24.2 Å². The first-order valence-corrected chi connectivity index (χ1v) is 9.88. The van der Waals surface area contributed by atoms with E-state index in [-0.39, 0.29) is 5.75 Å². The second-order valence-corrected chi connectivity index (χ2v) is 8.18. The summed E-state index contributed by atoms with van der Waals surface area (Å²) in [6, 6.07) is 14.2. The van der Waals surface area contributed by atoms with Crippen LogP contribution in [0.3, 0.4) is 0 Å². The van der Waals surface area contributed by atoms with Crippen LogP contribution >= 0.6 is 22.6 Å². The second kappa shape index (κ2) is 7.33. The highest BCUT2D eigenvalue weighted by Crippen LogP contribution is 2.24. The van der Waals surface area contributed by atoms with Gasteiger partial charge in [0, 0.05) is 9.64 Å². The molecule has 1 saturated heterocycles. The Morgan fingerprint density at radius 2 is 1.88 bits per heavy atom. The number of H-pyrrole nitrogens is 1. The van der Waals surface area contributed by atoms with Gasteiger partial charge in [-0.05, 0) is 90.7 Å². The number of likely N-dealkylation sites (tertiary alicyclic amines) is 1. The predicted octanol–water partition coefficient (Wildman–Crippen LogP) is 4.33. The van der Waals surface area contributed by atoms with Crippen molar-refractivity contribution in [2.75, 3.05) is 13.1 Å². The number of aromatic nitrogens is 2. The molecular formula is C20H22IN3O. The molecule has 0 unspecified atom stereocenters. The van der Waals surface area contributed by atoms with E-state index in [9.17, 15) is 5.11 Å². The minimum Gasteiger partial charge on any atom is -0.508 e. The van der Waals surface area contributed by atoms with Crippen LogP contribution in [0.4, 0.5) is 0 Å². The minimum atomic E-state index is 0.277. The molecule has 3 aromatic rings. The normalized spacial score (nSPS) is 16.5. The lowest BCUT2D eigenvalue weighted by molar-refractivity contribution is 0.174. The highest BCUT2D eigenvalue weighted by molar-refractivity contribution is 14.1. The molecule has 0 spiro atoms. The summed E-state index contributed by atoms with van der Waals surface area (Å²) in [5, 5.41) is 9.57. The molecule has 1 aromatic heterocycles. The van der Waals surface area contributed by atoms with E-state index in [1.807, 2.05) is 6.07 Å². The number of imidazole rings is 1. The van der Waals surface area contributed by atoms with Gasteiger partial charge in [0.15, 0.2) is 0 Å². The van der Waals surface area contributed by atoms with Crippen molar-refractivity contribution < 1.29 is 5.11 Å². The topological polar surface area (TPSA) is 52.2 Å². The zero-order valence-electron chi connectivity index (χ0n) is 14.1. The third-order valence-electron chi connectivity index (χ3n) is 5.03.